The van der Waals surface area contributed by atoms with Crippen LogP contribution in [0.25, 0.3) is 0 Å². The molecule has 2 aromatic heterocycles. The normalized spacial score (nSPS) is 9.55. The number of hydrogen-bond donors (Lipinski definition) is 1. The molecule has 2 aromatic rings. The maximum atomic E-state index is 8.53. The Bertz CT molecular complexity index is 573. The average molecular weight is 572 g/mol. The molecule has 0 saturated heterocycles. The molecule has 4 nitrogen and oxygen atoms in total. The second-order valence-corrected chi connectivity index (χ2v) is 7.52. The molecule has 31 heavy (non-hydrogen) atoms. The van der Waals surface area contributed by atoms with Crippen molar-refractivity contribution in [2.75, 3.05) is 13.2 Å². The quantitative estimate of drug-likeness (QED) is 0.322. The van der Waals surface area contributed by atoms with E-state index in [0.29, 0.717) is 25.0 Å². The minimum absolute atomic E-state index is 0. The monoisotopic (exact) mass is 570 g/mol. The van der Waals surface area contributed by atoms with Crippen molar-refractivity contribution in [3.63, 3.8) is 0 Å². The Morgan fingerprint density at radius 2 is 1.45 bits per heavy atom. The summed E-state index contributed by atoms with van der Waals surface area (Å²) in [5.41, 5.74) is 2.50. The standard InChI is InChI=1S/C12H19NO.C6H6BrN.C6H14O.BrH.Na.H/c1-3-11(4-2)9-14-10-12-5-7-13-8-6-12;7-5-6-1-3-8-4-2-6;1-3-6(4-2)5-7;;;/h5-8,11H,3-4,9-10H2,1-2H3;1-4H,5H2;6-7H,3-5H2,1-2H3;1H;;/q;;;;+1;-1. The van der Waals surface area contributed by atoms with Crippen LogP contribution in [0.3, 0.4) is 0 Å². The van der Waals surface area contributed by atoms with E-state index in [9.17, 15) is 0 Å². The first-order chi connectivity index (χ1) is 14.1. The fourth-order valence-electron chi connectivity index (χ4n) is 2.40. The summed E-state index contributed by atoms with van der Waals surface area (Å²) in [5, 5.41) is 9.46. The number of alkyl halides is 1. The van der Waals surface area contributed by atoms with Gasteiger partial charge in [-0.05, 0) is 35.1 Å². The van der Waals surface area contributed by atoms with E-state index in [2.05, 4.69) is 53.6 Å². The smallest absolute Gasteiger partial charge is 1.00 e. The molecule has 0 fully saturated rings. The number of nitrogens with zero attached hydrogens (tertiary/aromatic N) is 1. The predicted octanol–water partition coefficient (Wildman–Crippen LogP) is -0.0346. The van der Waals surface area contributed by atoms with Crippen LogP contribution in [0.4, 0.5) is 0 Å². The van der Waals surface area contributed by atoms with Gasteiger partial charge in [0.05, 0.1) is 6.61 Å². The maximum absolute atomic E-state index is 8.53. The van der Waals surface area contributed by atoms with Crippen molar-refractivity contribution in [3.05, 3.63) is 60.2 Å². The molecule has 0 aliphatic carbocycles. The molecule has 2 N–H and O–H groups in total. The van der Waals surface area contributed by atoms with E-state index in [4.69, 9.17) is 9.84 Å². The van der Waals surface area contributed by atoms with Gasteiger partial charge in [0.15, 0.2) is 12.4 Å². The van der Waals surface area contributed by atoms with Crippen LogP contribution in [0.2, 0.25) is 0 Å². The molecule has 0 aromatic carbocycles. The van der Waals surface area contributed by atoms with Gasteiger partial charge in [0.1, 0.15) is 0 Å². The third-order valence-electron chi connectivity index (χ3n) is 4.88. The SMILES string of the molecule is BrCc1cc[nH+]cc1.CCC(CC)CO.CCC(CC)COCc1ccncc1.[Br-].[H-].[Na+]. The Morgan fingerprint density at radius 1 is 0.935 bits per heavy atom. The zero-order valence-corrected chi connectivity index (χ0v) is 25.2. The number of nitrogens with one attached hydrogen (secondary N) is 1. The molecular formula is C24H41Br2N2NaO2. The van der Waals surface area contributed by atoms with E-state index in [1.54, 1.807) is 12.4 Å². The first-order valence-corrected chi connectivity index (χ1v) is 11.8. The first-order valence-electron chi connectivity index (χ1n) is 10.7. The summed E-state index contributed by atoms with van der Waals surface area (Å²) in [6.45, 7) is 10.6. The zero-order chi connectivity index (χ0) is 21.7. The molecule has 0 bridgehead atoms. The summed E-state index contributed by atoms with van der Waals surface area (Å²) in [7, 11) is 0. The van der Waals surface area contributed by atoms with Crippen LogP contribution < -0.4 is 51.5 Å². The third-order valence-corrected chi connectivity index (χ3v) is 5.53. The van der Waals surface area contributed by atoms with Crippen LogP contribution in [0, 0.1) is 11.8 Å². The molecular weight excluding hydrogens is 531 g/mol. The molecule has 0 radical (unpaired) electrons. The van der Waals surface area contributed by atoms with Gasteiger partial charge in [0.25, 0.3) is 0 Å². The van der Waals surface area contributed by atoms with Crippen LogP contribution in [-0.4, -0.2) is 23.3 Å². The molecule has 0 aliphatic heterocycles. The topological polar surface area (TPSA) is 56.5 Å². The van der Waals surface area contributed by atoms with Gasteiger partial charge in [-0.1, -0.05) is 69.3 Å². The largest absolute Gasteiger partial charge is 1.00 e. The molecule has 0 unspecified atom stereocenters. The number of aliphatic hydroxyl groups excluding tert-OH is 1. The van der Waals surface area contributed by atoms with Gasteiger partial charge >= 0.3 is 29.6 Å². The van der Waals surface area contributed by atoms with E-state index >= 15 is 0 Å². The molecule has 2 heterocycles. The summed E-state index contributed by atoms with van der Waals surface area (Å²) in [4.78, 5) is 6.91. The number of ether oxygens (including phenoxy) is 1. The number of aliphatic hydroxyl groups is 1. The molecule has 0 amide bonds. The van der Waals surface area contributed by atoms with Gasteiger partial charge in [0.2, 0.25) is 0 Å². The van der Waals surface area contributed by atoms with Gasteiger partial charge in [0, 0.05) is 43.1 Å². The summed E-state index contributed by atoms with van der Waals surface area (Å²) < 4.78 is 5.64. The summed E-state index contributed by atoms with van der Waals surface area (Å²) >= 11 is 3.34. The minimum Gasteiger partial charge on any atom is -1.00 e. The fourth-order valence-corrected chi connectivity index (χ4v) is 2.78. The first kappa shape index (κ1) is 35.8. The Hall–Kier alpha value is 0.180. The van der Waals surface area contributed by atoms with Crippen LogP contribution in [0.5, 0.6) is 0 Å². The van der Waals surface area contributed by atoms with E-state index in [1.165, 1.54) is 24.0 Å². The van der Waals surface area contributed by atoms with Crippen molar-refractivity contribution in [2.45, 2.75) is 65.3 Å². The number of halogens is 2. The summed E-state index contributed by atoms with van der Waals surface area (Å²) in [6, 6.07) is 8.06. The zero-order valence-electron chi connectivity index (χ0n) is 21.0. The van der Waals surface area contributed by atoms with Crippen molar-refractivity contribution in [1.82, 2.24) is 4.98 Å². The summed E-state index contributed by atoms with van der Waals surface area (Å²) in [6.07, 6.45) is 12.0. The van der Waals surface area contributed by atoms with Crippen LogP contribution >= 0.6 is 15.9 Å². The van der Waals surface area contributed by atoms with Crippen molar-refractivity contribution >= 4 is 15.9 Å². The van der Waals surface area contributed by atoms with Gasteiger partial charge in [-0.3, -0.25) is 4.98 Å². The van der Waals surface area contributed by atoms with Crippen LogP contribution in [0.15, 0.2) is 49.1 Å². The van der Waals surface area contributed by atoms with E-state index in [-0.39, 0.29) is 48.0 Å². The molecule has 0 spiro atoms. The van der Waals surface area contributed by atoms with Gasteiger partial charge in [-0.2, -0.15) is 0 Å². The van der Waals surface area contributed by atoms with Crippen molar-refractivity contribution in [2.24, 2.45) is 11.8 Å². The van der Waals surface area contributed by atoms with Crippen molar-refractivity contribution in [1.29, 1.82) is 0 Å². The van der Waals surface area contributed by atoms with E-state index in [1.807, 2.05) is 36.7 Å². The number of H-pyrrole nitrogens is 1. The maximum Gasteiger partial charge on any atom is 1.00 e. The number of rotatable bonds is 10. The minimum atomic E-state index is 0. The summed E-state index contributed by atoms with van der Waals surface area (Å²) in [5.74, 6) is 1.25. The van der Waals surface area contributed by atoms with Crippen LogP contribution in [-0.2, 0) is 16.7 Å². The Labute approximate surface area is 232 Å². The molecule has 0 saturated carbocycles. The van der Waals surface area contributed by atoms with Gasteiger partial charge in [-0.15, -0.1) is 0 Å². The van der Waals surface area contributed by atoms with Gasteiger partial charge < -0.3 is 28.3 Å². The average Bonchev–Trinajstić information content (AvgIpc) is 2.80. The second kappa shape index (κ2) is 26.4. The van der Waals surface area contributed by atoms with E-state index < -0.39 is 0 Å². The Kier molecular flexibility index (Phi) is 30.5. The fraction of sp³-hybridized carbons (Fsp3) is 0.583. The van der Waals surface area contributed by atoms with Gasteiger partial charge in [-0.25, -0.2) is 4.98 Å². The second-order valence-electron chi connectivity index (χ2n) is 6.96. The van der Waals surface area contributed by atoms with E-state index in [0.717, 1.165) is 24.8 Å². The molecule has 2 rings (SSSR count). The molecule has 0 atom stereocenters. The Balaban J connectivity index is -0.000000189. The van der Waals surface area contributed by atoms with Crippen LogP contribution in [0.1, 0.15) is 65.9 Å². The predicted molar refractivity (Wildman–Crippen MR) is 126 cm³/mol. The number of aromatic nitrogens is 2. The Morgan fingerprint density at radius 3 is 1.81 bits per heavy atom. The molecule has 174 valence electrons. The van der Waals surface area contributed by atoms with Crippen molar-refractivity contribution in [3.8, 4) is 0 Å². The number of hydrogen-bond acceptors (Lipinski definition) is 3. The van der Waals surface area contributed by atoms with Crippen molar-refractivity contribution < 1.29 is 62.8 Å². The molecule has 7 heteroatoms. The number of aromatic amines is 1. The number of pyridine rings is 2. The third kappa shape index (κ3) is 20.5. The molecule has 0 aliphatic rings.